The van der Waals surface area contributed by atoms with Gasteiger partial charge in [-0.25, -0.2) is 0 Å². The number of rotatable bonds is 7. The first-order chi connectivity index (χ1) is 14.4. The Bertz CT molecular complexity index is 923. The molecule has 30 heavy (non-hydrogen) atoms. The van der Waals surface area contributed by atoms with Crippen LogP contribution in [0.25, 0.3) is 0 Å². The highest BCUT2D eigenvalue weighted by Crippen LogP contribution is 2.39. The zero-order valence-corrected chi connectivity index (χ0v) is 18.4. The van der Waals surface area contributed by atoms with Gasteiger partial charge in [0.05, 0.1) is 5.41 Å². The molecule has 0 aliphatic carbocycles. The van der Waals surface area contributed by atoms with E-state index in [2.05, 4.69) is 4.90 Å². The van der Waals surface area contributed by atoms with Crippen LogP contribution in [0.15, 0.2) is 36.4 Å². The summed E-state index contributed by atoms with van der Waals surface area (Å²) in [6.45, 7) is 4.06. The Balaban J connectivity index is 1.38. The number of benzene rings is 2. The second-order valence-electron chi connectivity index (χ2n) is 8.17. The van der Waals surface area contributed by atoms with Gasteiger partial charge in [0.25, 0.3) is 0 Å². The number of hydrogen-bond donors (Lipinski definition) is 1. The second-order valence-corrected chi connectivity index (χ2v) is 8.98. The number of ether oxygens (including phenoxy) is 2. The molecule has 1 atom stereocenters. The van der Waals surface area contributed by atoms with E-state index in [1.54, 1.807) is 18.2 Å². The van der Waals surface area contributed by atoms with Crippen LogP contribution in [-0.4, -0.2) is 41.7 Å². The molecule has 0 aromatic heterocycles. The maximum atomic E-state index is 11.7. The van der Waals surface area contributed by atoms with Gasteiger partial charge in [0, 0.05) is 40.8 Å². The van der Waals surface area contributed by atoms with Crippen molar-refractivity contribution in [1.82, 2.24) is 4.90 Å². The Morgan fingerprint density at radius 2 is 2.00 bits per heavy atom. The number of carboxylic acids is 1. The number of likely N-dealkylation sites (tertiary alicyclic amines) is 1. The molecule has 2 heterocycles. The summed E-state index contributed by atoms with van der Waals surface area (Å²) in [5, 5.41) is 10.8. The molecule has 0 saturated carbocycles. The molecule has 2 aromatic carbocycles. The molecule has 2 aliphatic rings. The van der Waals surface area contributed by atoms with Crippen molar-refractivity contribution in [2.45, 2.75) is 38.8 Å². The first-order valence-electron chi connectivity index (χ1n) is 10.2. The fourth-order valence-electron chi connectivity index (χ4n) is 4.35. The standard InChI is InChI=1S/C23H25Cl2NO4/c1-2-8-23(22(27)28)13-26(14-23)16-9-15-6-7-17(10-21(15)30-11-16)29-12-18-19(24)4-3-5-20(18)25/h3-7,10,16H,2,8-9,11-14H2,1H3,(H,27,28). The lowest BCUT2D eigenvalue weighted by atomic mass is 9.74. The lowest BCUT2D eigenvalue weighted by Crippen LogP contribution is -2.65. The van der Waals surface area contributed by atoms with Crippen molar-refractivity contribution in [3.63, 3.8) is 0 Å². The van der Waals surface area contributed by atoms with Gasteiger partial charge in [-0.15, -0.1) is 0 Å². The number of hydrogen-bond acceptors (Lipinski definition) is 4. The van der Waals surface area contributed by atoms with Gasteiger partial charge < -0.3 is 14.6 Å². The van der Waals surface area contributed by atoms with Crippen LogP contribution in [0.5, 0.6) is 11.5 Å². The topological polar surface area (TPSA) is 59.0 Å². The van der Waals surface area contributed by atoms with Crippen molar-refractivity contribution in [3.8, 4) is 11.5 Å². The monoisotopic (exact) mass is 449 g/mol. The van der Waals surface area contributed by atoms with E-state index in [-0.39, 0.29) is 12.6 Å². The average molecular weight is 450 g/mol. The first kappa shape index (κ1) is 21.3. The highest BCUT2D eigenvalue weighted by molar-refractivity contribution is 6.35. The van der Waals surface area contributed by atoms with Crippen molar-refractivity contribution < 1.29 is 19.4 Å². The number of fused-ring (bicyclic) bond motifs is 1. The molecule has 1 saturated heterocycles. The minimum Gasteiger partial charge on any atom is -0.492 e. The Morgan fingerprint density at radius 1 is 1.27 bits per heavy atom. The summed E-state index contributed by atoms with van der Waals surface area (Å²) in [7, 11) is 0. The van der Waals surface area contributed by atoms with Crippen molar-refractivity contribution in [2.24, 2.45) is 5.41 Å². The summed E-state index contributed by atoms with van der Waals surface area (Å²) < 4.78 is 11.9. The maximum absolute atomic E-state index is 11.7. The van der Waals surface area contributed by atoms with Gasteiger partial charge in [-0.1, -0.05) is 48.7 Å². The highest BCUT2D eigenvalue weighted by Gasteiger charge is 2.51. The largest absolute Gasteiger partial charge is 0.492 e. The molecule has 4 rings (SSSR count). The predicted molar refractivity (Wildman–Crippen MR) is 117 cm³/mol. The van der Waals surface area contributed by atoms with E-state index in [0.717, 1.165) is 36.1 Å². The predicted octanol–water partition coefficient (Wildman–Crippen LogP) is 5.06. The van der Waals surface area contributed by atoms with Crippen molar-refractivity contribution in [1.29, 1.82) is 0 Å². The molecular formula is C23H25Cl2NO4. The van der Waals surface area contributed by atoms with Crippen LogP contribution in [-0.2, 0) is 17.8 Å². The minimum atomic E-state index is -0.682. The van der Waals surface area contributed by atoms with Gasteiger partial charge in [-0.05, 0) is 36.6 Å². The summed E-state index contributed by atoms with van der Waals surface area (Å²) in [6.07, 6.45) is 2.44. The van der Waals surface area contributed by atoms with Crippen LogP contribution in [0.4, 0.5) is 0 Å². The Morgan fingerprint density at radius 3 is 2.67 bits per heavy atom. The molecule has 2 aromatic rings. The summed E-state index contributed by atoms with van der Waals surface area (Å²) >= 11 is 12.4. The third-order valence-corrected chi connectivity index (χ3v) is 6.79. The summed E-state index contributed by atoms with van der Waals surface area (Å²) in [5.41, 5.74) is 1.27. The van der Waals surface area contributed by atoms with E-state index >= 15 is 0 Å². The van der Waals surface area contributed by atoms with Crippen molar-refractivity contribution in [3.05, 3.63) is 57.6 Å². The molecule has 0 radical (unpaired) electrons. The minimum absolute atomic E-state index is 0.204. The average Bonchev–Trinajstić information content (AvgIpc) is 2.69. The van der Waals surface area contributed by atoms with E-state index in [9.17, 15) is 9.90 Å². The van der Waals surface area contributed by atoms with Gasteiger partial charge in [0.2, 0.25) is 0 Å². The van der Waals surface area contributed by atoms with E-state index in [1.807, 2.05) is 25.1 Å². The number of nitrogens with zero attached hydrogens (tertiary/aromatic N) is 1. The molecule has 1 N–H and O–H groups in total. The smallest absolute Gasteiger partial charge is 0.312 e. The molecule has 1 unspecified atom stereocenters. The molecule has 2 aliphatic heterocycles. The molecule has 5 nitrogen and oxygen atoms in total. The second kappa shape index (κ2) is 8.66. The van der Waals surface area contributed by atoms with Gasteiger partial charge in [-0.3, -0.25) is 9.69 Å². The fourth-order valence-corrected chi connectivity index (χ4v) is 4.86. The number of aliphatic carboxylic acids is 1. The van der Waals surface area contributed by atoms with Gasteiger partial charge in [0.1, 0.15) is 24.7 Å². The number of carbonyl (C=O) groups is 1. The normalized spacial score (nSPS) is 20.0. The fraction of sp³-hybridized carbons (Fsp3) is 0.435. The number of carboxylic acid groups (broad SMARTS) is 1. The van der Waals surface area contributed by atoms with Crippen molar-refractivity contribution in [2.75, 3.05) is 19.7 Å². The van der Waals surface area contributed by atoms with Gasteiger partial charge >= 0.3 is 5.97 Å². The third-order valence-electron chi connectivity index (χ3n) is 6.08. The van der Waals surface area contributed by atoms with Crippen LogP contribution in [0.2, 0.25) is 10.0 Å². The molecule has 1 fully saturated rings. The lowest BCUT2D eigenvalue weighted by molar-refractivity contribution is -0.165. The lowest BCUT2D eigenvalue weighted by Gasteiger charge is -2.51. The summed E-state index contributed by atoms with van der Waals surface area (Å²) in [4.78, 5) is 13.9. The van der Waals surface area contributed by atoms with Gasteiger partial charge in [0.15, 0.2) is 0 Å². The van der Waals surface area contributed by atoms with Crippen LogP contribution in [0.1, 0.15) is 30.9 Å². The summed E-state index contributed by atoms with van der Waals surface area (Å²) in [5.74, 6) is 0.825. The zero-order valence-electron chi connectivity index (χ0n) is 16.9. The molecular weight excluding hydrogens is 425 g/mol. The van der Waals surface area contributed by atoms with Crippen LogP contribution in [0, 0.1) is 5.41 Å². The molecule has 0 amide bonds. The molecule has 7 heteroatoms. The van der Waals surface area contributed by atoms with E-state index in [4.69, 9.17) is 32.7 Å². The van der Waals surface area contributed by atoms with E-state index in [0.29, 0.717) is 35.5 Å². The summed E-state index contributed by atoms with van der Waals surface area (Å²) in [6, 6.07) is 11.4. The Hall–Kier alpha value is -1.95. The Labute approximate surface area is 186 Å². The van der Waals surface area contributed by atoms with Crippen molar-refractivity contribution >= 4 is 29.2 Å². The SMILES string of the molecule is CCCC1(C(=O)O)CN(C2COc3cc(OCc4c(Cl)cccc4Cl)ccc3C2)C1. The zero-order chi connectivity index (χ0) is 21.3. The van der Waals surface area contributed by atoms with Crippen LogP contribution in [0.3, 0.4) is 0 Å². The van der Waals surface area contributed by atoms with Crippen LogP contribution >= 0.6 is 23.2 Å². The molecule has 0 bridgehead atoms. The third kappa shape index (κ3) is 4.11. The molecule has 160 valence electrons. The quantitative estimate of drug-likeness (QED) is 0.639. The number of halogens is 2. The Kier molecular flexibility index (Phi) is 6.14. The van der Waals surface area contributed by atoms with E-state index < -0.39 is 11.4 Å². The van der Waals surface area contributed by atoms with Gasteiger partial charge in [-0.2, -0.15) is 0 Å². The maximum Gasteiger partial charge on any atom is 0.312 e. The van der Waals surface area contributed by atoms with E-state index in [1.165, 1.54) is 0 Å². The van der Waals surface area contributed by atoms with Crippen LogP contribution < -0.4 is 9.47 Å². The first-order valence-corrected chi connectivity index (χ1v) is 11.0. The highest BCUT2D eigenvalue weighted by atomic mass is 35.5. The molecule has 0 spiro atoms.